The summed E-state index contributed by atoms with van der Waals surface area (Å²) in [5.74, 6) is 1.57. The third-order valence-electron chi connectivity index (χ3n) is 2.75. The van der Waals surface area contributed by atoms with Crippen molar-refractivity contribution in [2.45, 2.75) is 25.9 Å². The lowest BCUT2D eigenvalue weighted by molar-refractivity contribution is 0.155. The van der Waals surface area contributed by atoms with E-state index in [0.29, 0.717) is 12.0 Å². The molecule has 1 saturated heterocycles. The van der Waals surface area contributed by atoms with Crippen LogP contribution in [0.1, 0.15) is 19.2 Å². The summed E-state index contributed by atoms with van der Waals surface area (Å²) in [6.07, 6.45) is 4.71. The Bertz CT molecular complexity index is 291. The summed E-state index contributed by atoms with van der Waals surface area (Å²) < 4.78 is 0. The van der Waals surface area contributed by atoms with Gasteiger partial charge >= 0.3 is 0 Å². The van der Waals surface area contributed by atoms with Gasteiger partial charge in [0.25, 0.3) is 0 Å². The maximum atomic E-state index is 5.99. The Morgan fingerprint density at radius 3 is 2.80 bits per heavy atom. The van der Waals surface area contributed by atoms with E-state index in [1.54, 1.807) is 12.4 Å². The molecule has 2 heterocycles. The van der Waals surface area contributed by atoms with Crippen molar-refractivity contribution in [3.05, 3.63) is 24.3 Å². The smallest absolute Gasteiger partial charge is 0.142 e. The Balaban J connectivity index is 1.94. The topological polar surface area (TPSA) is 55.0 Å². The van der Waals surface area contributed by atoms with Gasteiger partial charge in [-0.25, -0.2) is 9.97 Å². The summed E-state index contributed by atoms with van der Waals surface area (Å²) in [6.45, 7) is 5.13. The molecule has 2 unspecified atom stereocenters. The number of nitrogens with two attached hydrogens (primary N) is 1. The zero-order valence-corrected chi connectivity index (χ0v) is 9.13. The van der Waals surface area contributed by atoms with Gasteiger partial charge in [0.05, 0.1) is 6.54 Å². The van der Waals surface area contributed by atoms with Crippen LogP contribution in [-0.4, -0.2) is 34.0 Å². The van der Waals surface area contributed by atoms with Crippen molar-refractivity contribution in [1.82, 2.24) is 14.9 Å². The van der Waals surface area contributed by atoms with Gasteiger partial charge in [-0.1, -0.05) is 6.92 Å². The molecule has 0 spiro atoms. The van der Waals surface area contributed by atoms with E-state index in [1.165, 1.54) is 0 Å². The van der Waals surface area contributed by atoms with E-state index in [1.807, 2.05) is 6.07 Å². The molecule has 4 heteroatoms. The largest absolute Gasteiger partial charge is 0.327 e. The SMILES string of the molecule is CC1CC(N)CN(Cc2ncccn2)C1. The van der Waals surface area contributed by atoms with Gasteiger partial charge in [-0.15, -0.1) is 0 Å². The van der Waals surface area contributed by atoms with Gasteiger partial charge in [0.1, 0.15) is 5.82 Å². The predicted molar refractivity (Wildman–Crippen MR) is 59.1 cm³/mol. The lowest BCUT2D eigenvalue weighted by Gasteiger charge is -2.34. The van der Waals surface area contributed by atoms with Crippen LogP contribution in [0.5, 0.6) is 0 Å². The van der Waals surface area contributed by atoms with Crippen LogP contribution in [0.4, 0.5) is 0 Å². The van der Waals surface area contributed by atoms with Crippen molar-refractivity contribution in [2.75, 3.05) is 13.1 Å². The Kier molecular flexibility index (Phi) is 3.28. The Labute approximate surface area is 90.5 Å². The first-order valence-corrected chi connectivity index (χ1v) is 5.48. The highest BCUT2D eigenvalue weighted by Crippen LogP contribution is 2.15. The zero-order chi connectivity index (χ0) is 10.7. The van der Waals surface area contributed by atoms with Crippen molar-refractivity contribution in [1.29, 1.82) is 0 Å². The van der Waals surface area contributed by atoms with Gasteiger partial charge in [-0.2, -0.15) is 0 Å². The molecule has 0 aromatic carbocycles. The third-order valence-corrected chi connectivity index (χ3v) is 2.75. The molecule has 2 atom stereocenters. The van der Waals surface area contributed by atoms with Gasteiger partial charge in [0, 0.05) is 31.5 Å². The van der Waals surface area contributed by atoms with E-state index >= 15 is 0 Å². The van der Waals surface area contributed by atoms with Gasteiger partial charge in [0.15, 0.2) is 0 Å². The van der Waals surface area contributed by atoms with Gasteiger partial charge in [-0.05, 0) is 18.4 Å². The minimum absolute atomic E-state index is 0.303. The Hall–Kier alpha value is -1.00. The summed E-state index contributed by atoms with van der Waals surface area (Å²) in [4.78, 5) is 10.8. The predicted octanol–water partition coefficient (Wildman–Crippen LogP) is 0.646. The van der Waals surface area contributed by atoms with Crippen LogP contribution in [0, 0.1) is 5.92 Å². The molecule has 4 nitrogen and oxygen atoms in total. The molecule has 2 N–H and O–H groups in total. The first kappa shape index (κ1) is 10.5. The first-order valence-electron chi connectivity index (χ1n) is 5.48. The summed E-state index contributed by atoms with van der Waals surface area (Å²) in [7, 11) is 0. The monoisotopic (exact) mass is 206 g/mol. The number of hydrogen-bond donors (Lipinski definition) is 1. The van der Waals surface area contributed by atoms with Crippen molar-refractivity contribution < 1.29 is 0 Å². The van der Waals surface area contributed by atoms with Crippen LogP contribution < -0.4 is 5.73 Å². The van der Waals surface area contributed by atoms with Crippen LogP contribution >= 0.6 is 0 Å². The normalized spacial score (nSPS) is 27.9. The first-order chi connectivity index (χ1) is 7.24. The van der Waals surface area contributed by atoms with Crippen molar-refractivity contribution in [2.24, 2.45) is 11.7 Å². The second kappa shape index (κ2) is 4.68. The lowest BCUT2D eigenvalue weighted by atomic mass is 9.97. The fourth-order valence-electron chi connectivity index (χ4n) is 2.25. The maximum Gasteiger partial charge on any atom is 0.142 e. The van der Waals surface area contributed by atoms with Crippen LogP contribution in [0.15, 0.2) is 18.5 Å². The van der Waals surface area contributed by atoms with Crippen molar-refractivity contribution in [3.8, 4) is 0 Å². The lowest BCUT2D eigenvalue weighted by Crippen LogP contribution is -2.45. The molecule has 1 fully saturated rings. The van der Waals surface area contributed by atoms with E-state index in [4.69, 9.17) is 5.73 Å². The van der Waals surface area contributed by atoms with Crippen LogP contribution in [0.25, 0.3) is 0 Å². The molecule has 82 valence electrons. The highest BCUT2D eigenvalue weighted by atomic mass is 15.2. The van der Waals surface area contributed by atoms with Gasteiger partial charge in [-0.3, -0.25) is 4.90 Å². The van der Waals surface area contributed by atoms with E-state index in [2.05, 4.69) is 21.8 Å². The van der Waals surface area contributed by atoms with Gasteiger partial charge in [0.2, 0.25) is 0 Å². The minimum atomic E-state index is 0.303. The van der Waals surface area contributed by atoms with Crippen LogP contribution in [0.2, 0.25) is 0 Å². The molecule has 1 aromatic rings. The van der Waals surface area contributed by atoms with E-state index in [9.17, 15) is 0 Å². The molecule has 0 saturated carbocycles. The summed E-state index contributed by atoms with van der Waals surface area (Å²) in [6, 6.07) is 2.14. The fourth-order valence-corrected chi connectivity index (χ4v) is 2.25. The third kappa shape index (κ3) is 2.97. The second-order valence-electron chi connectivity index (χ2n) is 4.46. The second-order valence-corrected chi connectivity index (χ2v) is 4.46. The molecule has 1 aromatic heterocycles. The fraction of sp³-hybridized carbons (Fsp3) is 0.636. The highest BCUT2D eigenvalue weighted by molar-refractivity contribution is 4.90. The molecule has 1 aliphatic rings. The molecule has 1 aliphatic heterocycles. The highest BCUT2D eigenvalue weighted by Gasteiger charge is 2.22. The summed E-state index contributed by atoms with van der Waals surface area (Å²) >= 11 is 0. The molecular weight excluding hydrogens is 188 g/mol. The molecule has 0 bridgehead atoms. The number of likely N-dealkylation sites (tertiary alicyclic amines) is 1. The molecule has 2 rings (SSSR count). The molecular formula is C11H18N4. The number of aromatic nitrogens is 2. The number of piperidine rings is 1. The van der Waals surface area contributed by atoms with Gasteiger partial charge < -0.3 is 5.73 Å². The van der Waals surface area contributed by atoms with E-state index < -0.39 is 0 Å². The van der Waals surface area contributed by atoms with Crippen LogP contribution in [0.3, 0.4) is 0 Å². The molecule has 0 amide bonds. The van der Waals surface area contributed by atoms with Crippen molar-refractivity contribution >= 4 is 0 Å². The molecule has 15 heavy (non-hydrogen) atoms. The molecule has 0 radical (unpaired) electrons. The van der Waals surface area contributed by atoms with Crippen LogP contribution in [-0.2, 0) is 6.54 Å². The standard InChI is InChI=1S/C11H18N4/c1-9-5-10(12)7-15(6-9)8-11-13-3-2-4-14-11/h2-4,9-10H,5-8,12H2,1H3. The summed E-state index contributed by atoms with van der Waals surface area (Å²) in [5, 5.41) is 0. The van der Waals surface area contributed by atoms with Crippen molar-refractivity contribution in [3.63, 3.8) is 0 Å². The Morgan fingerprint density at radius 2 is 2.13 bits per heavy atom. The number of hydrogen-bond acceptors (Lipinski definition) is 4. The average molecular weight is 206 g/mol. The average Bonchev–Trinajstić information content (AvgIpc) is 2.17. The number of nitrogens with zero attached hydrogens (tertiary/aromatic N) is 3. The Morgan fingerprint density at radius 1 is 1.40 bits per heavy atom. The van der Waals surface area contributed by atoms with E-state index in [-0.39, 0.29) is 0 Å². The maximum absolute atomic E-state index is 5.99. The molecule has 0 aliphatic carbocycles. The number of rotatable bonds is 2. The summed E-state index contributed by atoms with van der Waals surface area (Å²) in [5.41, 5.74) is 5.99. The quantitative estimate of drug-likeness (QED) is 0.771. The minimum Gasteiger partial charge on any atom is -0.327 e. The zero-order valence-electron chi connectivity index (χ0n) is 9.13. The van der Waals surface area contributed by atoms with E-state index in [0.717, 1.165) is 31.9 Å².